The van der Waals surface area contributed by atoms with Gasteiger partial charge in [-0.2, -0.15) is 13.2 Å². The molecule has 0 spiro atoms. The van der Waals surface area contributed by atoms with Gasteiger partial charge in [0.2, 0.25) is 5.91 Å². The van der Waals surface area contributed by atoms with Crippen molar-refractivity contribution in [2.45, 2.75) is 51.4 Å². The Morgan fingerprint density at radius 2 is 1.97 bits per heavy atom. The van der Waals surface area contributed by atoms with Crippen LogP contribution in [0.25, 0.3) is 0 Å². The number of carbonyl (C=O) groups is 2. The molecule has 11 heteroatoms. The van der Waals surface area contributed by atoms with Crippen molar-refractivity contribution in [3.05, 3.63) is 23.8 Å². The number of piperidine rings is 1. The van der Waals surface area contributed by atoms with Gasteiger partial charge in [-0.3, -0.25) is 14.8 Å². The molecule has 1 aliphatic carbocycles. The van der Waals surface area contributed by atoms with Crippen LogP contribution in [0.2, 0.25) is 0 Å². The van der Waals surface area contributed by atoms with Crippen LogP contribution in [-0.4, -0.2) is 70.4 Å². The normalized spacial score (nSPS) is 25.8. The number of fused-ring (bicyclic) bond motifs is 1. The molecular weight excluding hydrogens is 429 g/mol. The molecule has 0 bridgehead atoms. The molecule has 1 saturated carbocycles. The van der Waals surface area contributed by atoms with Crippen molar-refractivity contribution in [3.63, 3.8) is 0 Å². The summed E-state index contributed by atoms with van der Waals surface area (Å²) >= 11 is 0. The third kappa shape index (κ3) is 7.40. The van der Waals surface area contributed by atoms with Gasteiger partial charge in [-0.15, -0.1) is 0 Å². The number of amides is 1. The minimum atomic E-state index is -5.08. The van der Waals surface area contributed by atoms with Gasteiger partial charge in [-0.05, 0) is 44.4 Å². The second-order valence-electron chi connectivity index (χ2n) is 8.73. The lowest BCUT2D eigenvalue weighted by Gasteiger charge is -2.43. The Morgan fingerprint density at radius 1 is 1.25 bits per heavy atom. The zero-order valence-corrected chi connectivity index (χ0v) is 18.0. The number of halogens is 3. The zero-order chi connectivity index (χ0) is 23.3. The van der Waals surface area contributed by atoms with Gasteiger partial charge in [0, 0.05) is 25.8 Å². The first-order valence-electron chi connectivity index (χ1n) is 10.8. The Labute approximate surface area is 184 Å². The summed E-state index contributed by atoms with van der Waals surface area (Å²) in [6, 6.07) is 0. The van der Waals surface area contributed by atoms with Crippen molar-refractivity contribution in [2.24, 2.45) is 17.8 Å². The van der Waals surface area contributed by atoms with Crippen molar-refractivity contribution in [1.29, 1.82) is 0 Å². The number of nitrogens with one attached hydrogen (secondary N) is 1. The number of likely N-dealkylation sites (tertiary alicyclic amines) is 1. The quantitative estimate of drug-likeness (QED) is 0.697. The summed E-state index contributed by atoms with van der Waals surface area (Å²) in [5.41, 5.74) is 1.68. The van der Waals surface area contributed by atoms with Gasteiger partial charge >= 0.3 is 12.1 Å². The molecule has 3 aliphatic rings. The van der Waals surface area contributed by atoms with E-state index in [9.17, 15) is 18.0 Å². The topological polar surface area (TPSA) is 105 Å². The minimum absolute atomic E-state index is 0.0412. The number of carboxylic acids is 1. The molecule has 4 rings (SSSR count). The number of hydrogen-bond acceptors (Lipinski definition) is 6. The van der Waals surface area contributed by atoms with Crippen LogP contribution in [0.15, 0.2) is 12.4 Å². The van der Waals surface area contributed by atoms with Crippen LogP contribution < -0.4 is 5.32 Å². The van der Waals surface area contributed by atoms with Gasteiger partial charge in [0.1, 0.15) is 0 Å². The molecule has 1 aromatic heterocycles. The number of carboxylic acid groups (broad SMARTS) is 1. The number of aromatic nitrogens is 2. The first-order chi connectivity index (χ1) is 15.1. The fourth-order valence-corrected chi connectivity index (χ4v) is 4.05. The van der Waals surface area contributed by atoms with E-state index >= 15 is 0 Å². The van der Waals surface area contributed by atoms with E-state index in [1.807, 2.05) is 6.92 Å². The standard InChI is InChI=1S/C19H28N4O2.C2HF3O2/c1-13-7-21-17(8-20-13)9-22-19(24)16-6-15-11-23(10-14-2-3-14)5-4-18(15)25-12-16;3-2(4,5)1(6)7/h7-8,14-16,18H,2-6,9-12H2,1H3,(H,22,24);(H,6,7)/t15-,16-,18+;/m1./s1. The largest absolute Gasteiger partial charge is 0.490 e. The monoisotopic (exact) mass is 458 g/mol. The molecule has 8 nitrogen and oxygen atoms in total. The van der Waals surface area contributed by atoms with Crippen LogP contribution in [0, 0.1) is 24.7 Å². The molecule has 0 unspecified atom stereocenters. The molecule has 2 saturated heterocycles. The number of aryl methyl sites for hydroxylation is 1. The van der Waals surface area contributed by atoms with Crippen molar-refractivity contribution in [2.75, 3.05) is 26.2 Å². The molecule has 1 aromatic rings. The van der Waals surface area contributed by atoms with Gasteiger partial charge < -0.3 is 20.1 Å². The average molecular weight is 458 g/mol. The second-order valence-corrected chi connectivity index (χ2v) is 8.73. The zero-order valence-electron chi connectivity index (χ0n) is 18.0. The maximum Gasteiger partial charge on any atom is 0.490 e. The van der Waals surface area contributed by atoms with Crippen molar-refractivity contribution < 1.29 is 32.6 Å². The smallest absolute Gasteiger partial charge is 0.475 e. The maximum atomic E-state index is 12.5. The lowest BCUT2D eigenvalue weighted by molar-refractivity contribution is -0.192. The molecule has 0 radical (unpaired) electrons. The number of rotatable bonds is 5. The first-order valence-corrected chi connectivity index (χ1v) is 10.8. The molecule has 2 aliphatic heterocycles. The summed E-state index contributed by atoms with van der Waals surface area (Å²) in [6.45, 7) is 6.38. The first kappa shape index (κ1) is 24.4. The third-order valence-electron chi connectivity index (χ3n) is 5.95. The maximum absolute atomic E-state index is 12.5. The highest BCUT2D eigenvalue weighted by molar-refractivity contribution is 5.78. The van der Waals surface area contributed by atoms with E-state index in [1.165, 1.54) is 19.4 Å². The highest BCUT2D eigenvalue weighted by Crippen LogP contribution is 2.35. The van der Waals surface area contributed by atoms with Crippen molar-refractivity contribution in [1.82, 2.24) is 20.2 Å². The summed E-state index contributed by atoms with van der Waals surface area (Å²) in [4.78, 5) is 32.5. The Hall–Kier alpha value is -2.27. The predicted octanol–water partition coefficient (Wildman–Crippen LogP) is 2.17. The highest BCUT2D eigenvalue weighted by Gasteiger charge is 2.39. The van der Waals surface area contributed by atoms with Gasteiger partial charge in [0.15, 0.2) is 0 Å². The Bertz CT molecular complexity index is 786. The molecule has 3 atom stereocenters. The van der Waals surface area contributed by atoms with Crippen LogP contribution in [0.1, 0.15) is 37.1 Å². The Kier molecular flexibility index (Phi) is 8.05. The van der Waals surface area contributed by atoms with E-state index in [4.69, 9.17) is 14.6 Å². The van der Waals surface area contributed by atoms with Crippen LogP contribution in [0.5, 0.6) is 0 Å². The van der Waals surface area contributed by atoms with Gasteiger partial charge in [0.25, 0.3) is 0 Å². The lowest BCUT2D eigenvalue weighted by atomic mass is 9.83. The molecule has 32 heavy (non-hydrogen) atoms. The van der Waals surface area contributed by atoms with Crippen molar-refractivity contribution >= 4 is 11.9 Å². The van der Waals surface area contributed by atoms with Gasteiger partial charge in [-0.1, -0.05) is 0 Å². The number of nitrogens with zero attached hydrogens (tertiary/aromatic N) is 3. The fraction of sp³-hybridized carbons (Fsp3) is 0.714. The van der Waals surface area contributed by atoms with E-state index in [0.29, 0.717) is 25.2 Å². The number of hydrogen-bond donors (Lipinski definition) is 2. The van der Waals surface area contributed by atoms with Crippen LogP contribution in [0.3, 0.4) is 0 Å². The number of aliphatic carboxylic acids is 1. The second kappa shape index (κ2) is 10.6. The van der Waals surface area contributed by atoms with Gasteiger partial charge in [-0.25, -0.2) is 4.79 Å². The molecule has 178 valence electrons. The summed E-state index contributed by atoms with van der Waals surface area (Å²) in [5.74, 6) is -1.29. The van der Waals surface area contributed by atoms with E-state index in [1.54, 1.807) is 12.4 Å². The summed E-state index contributed by atoms with van der Waals surface area (Å²) in [7, 11) is 0. The van der Waals surface area contributed by atoms with E-state index in [2.05, 4.69) is 20.2 Å². The minimum Gasteiger partial charge on any atom is -0.475 e. The molecular formula is C21H29F3N4O4. The molecule has 3 heterocycles. The van der Waals surface area contributed by atoms with E-state index in [-0.39, 0.29) is 11.8 Å². The highest BCUT2D eigenvalue weighted by atomic mass is 19.4. The SMILES string of the molecule is Cc1cnc(CNC(=O)[C@H]2CO[C@H]3CCN(CC4CC4)C[C@H]3C2)cn1.O=C(O)C(F)(F)F. The van der Waals surface area contributed by atoms with Crippen LogP contribution in [0.4, 0.5) is 13.2 Å². The summed E-state index contributed by atoms with van der Waals surface area (Å²) < 4.78 is 37.8. The Balaban J connectivity index is 0.000000360. The molecule has 1 amide bonds. The number of ether oxygens (including phenoxy) is 1. The Morgan fingerprint density at radius 3 is 2.56 bits per heavy atom. The third-order valence-corrected chi connectivity index (χ3v) is 5.95. The van der Waals surface area contributed by atoms with E-state index < -0.39 is 12.1 Å². The molecule has 0 aromatic carbocycles. The number of alkyl halides is 3. The van der Waals surface area contributed by atoms with Crippen LogP contribution in [-0.2, 0) is 20.9 Å². The summed E-state index contributed by atoms with van der Waals surface area (Å²) in [6.07, 6.45) is 3.57. The van der Waals surface area contributed by atoms with Crippen LogP contribution >= 0.6 is 0 Å². The molecule has 2 N–H and O–H groups in total. The predicted molar refractivity (Wildman–Crippen MR) is 107 cm³/mol. The number of carbonyl (C=O) groups excluding carboxylic acids is 1. The molecule has 3 fully saturated rings. The summed E-state index contributed by atoms with van der Waals surface area (Å²) in [5, 5.41) is 10.1. The average Bonchev–Trinajstić information content (AvgIpc) is 3.56. The fourth-order valence-electron chi connectivity index (χ4n) is 4.05. The lowest BCUT2D eigenvalue weighted by Crippen LogP contribution is -2.50. The van der Waals surface area contributed by atoms with Crippen molar-refractivity contribution in [3.8, 4) is 0 Å². The van der Waals surface area contributed by atoms with E-state index in [0.717, 1.165) is 43.2 Å². The van der Waals surface area contributed by atoms with Gasteiger partial charge in [0.05, 0.1) is 42.8 Å².